The number of thiophene rings is 1. The smallest absolute Gasteiger partial charge is 0.255 e. The standard InChI is InChI=1S/C10H9BrN2OS/c1-6-2-7(5-15-6)9-12-4-8(3-11)10(14)13-9/h2,4-5H,3H2,1H3,(H,12,13,14). The van der Waals surface area contributed by atoms with Crippen LogP contribution in [-0.2, 0) is 5.33 Å². The Hall–Kier alpha value is -0.940. The van der Waals surface area contributed by atoms with Crippen LogP contribution in [0.4, 0.5) is 0 Å². The maximum atomic E-state index is 11.5. The average Bonchev–Trinajstić information content (AvgIpc) is 2.65. The van der Waals surface area contributed by atoms with Crippen molar-refractivity contribution in [3.63, 3.8) is 0 Å². The first-order valence-electron chi connectivity index (χ1n) is 4.40. The lowest BCUT2D eigenvalue weighted by Crippen LogP contribution is -2.12. The molecule has 15 heavy (non-hydrogen) atoms. The number of nitrogens with zero attached hydrogens (tertiary/aromatic N) is 1. The number of nitrogens with one attached hydrogen (secondary N) is 1. The van der Waals surface area contributed by atoms with Crippen LogP contribution in [0.25, 0.3) is 11.4 Å². The van der Waals surface area contributed by atoms with Crippen molar-refractivity contribution in [2.75, 3.05) is 0 Å². The van der Waals surface area contributed by atoms with Gasteiger partial charge >= 0.3 is 0 Å². The molecule has 0 spiro atoms. The third-order valence-corrected chi connectivity index (χ3v) is 3.49. The van der Waals surface area contributed by atoms with Crippen molar-refractivity contribution in [3.8, 4) is 11.4 Å². The molecule has 0 aliphatic rings. The highest BCUT2D eigenvalue weighted by atomic mass is 79.9. The predicted octanol–water partition coefficient (Wildman–Crippen LogP) is 2.70. The van der Waals surface area contributed by atoms with Crippen LogP contribution in [0.5, 0.6) is 0 Å². The Kier molecular flexibility index (Phi) is 3.02. The Morgan fingerprint density at radius 1 is 1.60 bits per heavy atom. The molecule has 0 amide bonds. The Bertz CT molecular complexity index is 532. The van der Waals surface area contributed by atoms with E-state index >= 15 is 0 Å². The summed E-state index contributed by atoms with van der Waals surface area (Å²) >= 11 is 4.88. The minimum absolute atomic E-state index is 0.0827. The molecule has 0 fully saturated rings. The van der Waals surface area contributed by atoms with Gasteiger partial charge in [-0.3, -0.25) is 4.79 Å². The van der Waals surface area contributed by atoms with Crippen molar-refractivity contribution >= 4 is 27.3 Å². The molecule has 2 heterocycles. The summed E-state index contributed by atoms with van der Waals surface area (Å²) in [4.78, 5) is 19.7. The van der Waals surface area contributed by atoms with Crippen molar-refractivity contribution in [2.45, 2.75) is 12.3 Å². The molecule has 0 saturated carbocycles. The number of H-pyrrole nitrogens is 1. The summed E-state index contributed by atoms with van der Waals surface area (Å²) in [5.74, 6) is 0.633. The Balaban J connectivity index is 2.47. The summed E-state index contributed by atoms with van der Waals surface area (Å²) < 4.78 is 0. The number of aryl methyl sites for hydroxylation is 1. The van der Waals surface area contributed by atoms with Gasteiger partial charge in [-0.2, -0.15) is 0 Å². The van der Waals surface area contributed by atoms with E-state index in [9.17, 15) is 4.79 Å². The van der Waals surface area contributed by atoms with Crippen molar-refractivity contribution in [2.24, 2.45) is 0 Å². The zero-order chi connectivity index (χ0) is 10.8. The summed E-state index contributed by atoms with van der Waals surface area (Å²) in [6.07, 6.45) is 1.61. The SMILES string of the molecule is Cc1cc(-c2ncc(CBr)c(=O)[nH]2)cs1. The highest BCUT2D eigenvalue weighted by Crippen LogP contribution is 2.20. The van der Waals surface area contributed by atoms with Gasteiger partial charge in [0.05, 0.1) is 0 Å². The predicted molar refractivity (Wildman–Crippen MR) is 65.5 cm³/mol. The van der Waals surface area contributed by atoms with Crippen molar-refractivity contribution in [3.05, 3.63) is 38.4 Å². The number of hydrogen-bond acceptors (Lipinski definition) is 3. The van der Waals surface area contributed by atoms with E-state index in [1.807, 2.05) is 18.4 Å². The number of halogens is 1. The van der Waals surface area contributed by atoms with Crippen molar-refractivity contribution < 1.29 is 0 Å². The van der Waals surface area contributed by atoms with E-state index in [1.54, 1.807) is 17.5 Å². The van der Waals surface area contributed by atoms with Crippen LogP contribution in [0.1, 0.15) is 10.4 Å². The number of hydrogen-bond donors (Lipinski definition) is 1. The van der Waals surface area contributed by atoms with Gasteiger partial charge in [-0.1, -0.05) is 15.9 Å². The molecule has 0 radical (unpaired) electrons. The molecule has 0 bridgehead atoms. The van der Waals surface area contributed by atoms with Gasteiger partial charge in [-0.25, -0.2) is 4.98 Å². The van der Waals surface area contributed by atoms with Crippen LogP contribution in [0.15, 0.2) is 22.4 Å². The van der Waals surface area contributed by atoms with Gasteiger partial charge in [0.25, 0.3) is 5.56 Å². The van der Waals surface area contributed by atoms with Gasteiger partial charge in [-0.15, -0.1) is 11.3 Å². The average molecular weight is 285 g/mol. The molecule has 3 nitrogen and oxygen atoms in total. The Morgan fingerprint density at radius 3 is 2.93 bits per heavy atom. The van der Waals surface area contributed by atoms with E-state index in [-0.39, 0.29) is 5.56 Å². The number of alkyl halides is 1. The molecular weight excluding hydrogens is 276 g/mol. The molecule has 0 aliphatic carbocycles. The summed E-state index contributed by atoms with van der Waals surface area (Å²) in [6.45, 7) is 2.03. The summed E-state index contributed by atoms with van der Waals surface area (Å²) in [7, 11) is 0. The minimum Gasteiger partial charge on any atom is -0.306 e. The summed E-state index contributed by atoms with van der Waals surface area (Å²) in [6, 6.07) is 2.01. The van der Waals surface area contributed by atoms with Crippen LogP contribution in [-0.4, -0.2) is 9.97 Å². The van der Waals surface area contributed by atoms with Crippen LogP contribution < -0.4 is 5.56 Å². The van der Waals surface area contributed by atoms with Crippen molar-refractivity contribution in [1.82, 2.24) is 9.97 Å². The van der Waals surface area contributed by atoms with Gasteiger partial charge in [0, 0.05) is 32.9 Å². The van der Waals surface area contributed by atoms with E-state index in [0.717, 1.165) is 5.56 Å². The maximum absolute atomic E-state index is 11.5. The molecule has 78 valence electrons. The van der Waals surface area contributed by atoms with Gasteiger partial charge in [0.1, 0.15) is 5.82 Å². The second-order valence-electron chi connectivity index (χ2n) is 3.17. The normalized spacial score (nSPS) is 10.5. The Labute approximate surface area is 99.3 Å². The first kappa shape index (κ1) is 10.6. The van der Waals surface area contributed by atoms with Crippen LogP contribution in [0.2, 0.25) is 0 Å². The third kappa shape index (κ3) is 2.18. The van der Waals surface area contributed by atoms with Crippen LogP contribution in [0, 0.1) is 6.92 Å². The lowest BCUT2D eigenvalue weighted by molar-refractivity contribution is 1.08. The molecule has 1 N–H and O–H groups in total. The van der Waals surface area contributed by atoms with E-state index in [4.69, 9.17) is 0 Å². The second-order valence-corrected chi connectivity index (χ2v) is 4.84. The molecule has 5 heteroatoms. The zero-order valence-corrected chi connectivity index (χ0v) is 10.5. The van der Waals surface area contributed by atoms with Crippen molar-refractivity contribution in [1.29, 1.82) is 0 Å². The minimum atomic E-state index is -0.0827. The number of aromatic nitrogens is 2. The number of rotatable bonds is 2. The molecule has 0 unspecified atom stereocenters. The molecule has 0 aliphatic heterocycles. The monoisotopic (exact) mass is 284 g/mol. The van der Waals surface area contributed by atoms with Crippen LogP contribution >= 0.6 is 27.3 Å². The summed E-state index contributed by atoms with van der Waals surface area (Å²) in [5, 5.41) is 2.51. The molecular formula is C10H9BrN2OS. The van der Waals surface area contributed by atoms with E-state index in [1.165, 1.54) is 4.88 Å². The topological polar surface area (TPSA) is 45.8 Å². The molecule has 0 aromatic carbocycles. The Morgan fingerprint density at radius 2 is 2.40 bits per heavy atom. The van der Waals surface area contributed by atoms with E-state index < -0.39 is 0 Å². The zero-order valence-electron chi connectivity index (χ0n) is 8.08. The van der Waals surface area contributed by atoms with E-state index in [2.05, 4.69) is 25.9 Å². The first-order valence-corrected chi connectivity index (χ1v) is 6.40. The van der Waals surface area contributed by atoms with Crippen LogP contribution in [0.3, 0.4) is 0 Å². The third-order valence-electron chi connectivity index (χ3n) is 2.02. The number of aromatic amines is 1. The van der Waals surface area contributed by atoms with Gasteiger partial charge in [-0.05, 0) is 13.0 Å². The highest BCUT2D eigenvalue weighted by molar-refractivity contribution is 9.08. The molecule has 0 atom stereocenters. The fourth-order valence-corrected chi connectivity index (χ4v) is 2.32. The fraction of sp³-hybridized carbons (Fsp3) is 0.200. The molecule has 2 aromatic heterocycles. The molecule has 0 saturated heterocycles. The second kappa shape index (κ2) is 4.28. The largest absolute Gasteiger partial charge is 0.306 e. The maximum Gasteiger partial charge on any atom is 0.255 e. The quantitative estimate of drug-likeness (QED) is 0.862. The fourth-order valence-electron chi connectivity index (χ4n) is 1.23. The van der Waals surface area contributed by atoms with Gasteiger partial charge in [0.15, 0.2) is 0 Å². The van der Waals surface area contributed by atoms with Gasteiger partial charge in [0.2, 0.25) is 0 Å². The first-order chi connectivity index (χ1) is 7.20. The lowest BCUT2D eigenvalue weighted by Gasteiger charge is -1.98. The molecule has 2 aromatic rings. The highest BCUT2D eigenvalue weighted by Gasteiger charge is 2.04. The van der Waals surface area contributed by atoms with E-state index in [0.29, 0.717) is 16.7 Å². The molecule has 2 rings (SSSR count). The van der Waals surface area contributed by atoms with Gasteiger partial charge < -0.3 is 4.98 Å². The summed E-state index contributed by atoms with van der Waals surface area (Å²) in [5.41, 5.74) is 1.53. The lowest BCUT2D eigenvalue weighted by atomic mass is 10.3.